The number of hydrogen-bond acceptors (Lipinski definition) is 5. The summed E-state index contributed by atoms with van der Waals surface area (Å²) in [5.74, 6) is 6.58. The van der Waals surface area contributed by atoms with Crippen LogP contribution in [0, 0.1) is 0 Å². The maximum absolute atomic E-state index is 5.25. The molecule has 4 N–H and O–H groups in total. The Labute approximate surface area is 114 Å². The highest BCUT2D eigenvalue weighted by Gasteiger charge is 2.02. The Morgan fingerprint density at radius 3 is 2.84 bits per heavy atom. The van der Waals surface area contributed by atoms with Gasteiger partial charge in [-0.1, -0.05) is 18.2 Å². The van der Waals surface area contributed by atoms with Crippen molar-refractivity contribution >= 4 is 28.5 Å². The van der Waals surface area contributed by atoms with Crippen LogP contribution in [0.25, 0.3) is 10.9 Å². The third kappa shape index (κ3) is 2.69. The van der Waals surface area contributed by atoms with E-state index in [1.165, 1.54) is 5.39 Å². The van der Waals surface area contributed by atoms with Crippen LogP contribution in [0.5, 0.6) is 0 Å². The van der Waals surface area contributed by atoms with E-state index in [0.717, 1.165) is 22.0 Å². The number of hydrogen-bond donors (Lipinski definition) is 3. The molecule has 3 aromatic rings. The summed E-state index contributed by atoms with van der Waals surface area (Å²) in [6.45, 7) is 0. The van der Waals surface area contributed by atoms with Gasteiger partial charge in [0.2, 0.25) is 0 Å². The molecular formula is C13H13N5S. The summed E-state index contributed by atoms with van der Waals surface area (Å²) < 4.78 is 0. The summed E-state index contributed by atoms with van der Waals surface area (Å²) in [5, 5.41) is 2.35. The molecular weight excluding hydrogens is 258 g/mol. The van der Waals surface area contributed by atoms with E-state index < -0.39 is 0 Å². The second-order valence-corrected chi connectivity index (χ2v) is 5.06. The molecule has 0 radical (unpaired) electrons. The summed E-state index contributed by atoms with van der Waals surface area (Å²) in [6.07, 6.45) is 3.35. The Morgan fingerprint density at radius 1 is 1.21 bits per heavy atom. The minimum Gasteiger partial charge on any atom is -0.350 e. The van der Waals surface area contributed by atoms with Crippen molar-refractivity contribution in [1.82, 2.24) is 15.0 Å². The Kier molecular flexibility index (Phi) is 3.35. The van der Waals surface area contributed by atoms with E-state index in [9.17, 15) is 0 Å². The van der Waals surface area contributed by atoms with Gasteiger partial charge in [0.05, 0.1) is 23.1 Å². The number of hydrazine groups is 1. The van der Waals surface area contributed by atoms with Crippen LogP contribution in [0.15, 0.2) is 47.8 Å². The number of nitrogens with zero attached hydrogens (tertiary/aromatic N) is 2. The Hall–Kier alpha value is -2.05. The first-order chi connectivity index (χ1) is 9.35. The van der Waals surface area contributed by atoms with E-state index in [-0.39, 0.29) is 0 Å². The molecule has 3 rings (SSSR count). The Balaban J connectivity index is 1.70. The van der Waals surface area contributed by atoms with Crippen LogP contribution in [-0.4, -0.2) is 15.0 Å². The van der Waals surface area contributed by atoms with E-state index in [2.05, 4.69) is 38.6 Å². The first kappa shape index (κ1) is 12.0. The SMILES string of the molecule is NNc1cnc(CSc2cc3ccccc3[nH]2)cn1. The van der Waals surface area contributed by atoms with Gasteiger partial charge in [-0.2, -0.15) is 0 Å². The topological polar surface area (TPSA) is 79.6 Å². The molecule has 19 heavy (non-hydrogen) atoms. The number of H-pyrrole nitrogens is 1. The fourth-order valence-electron chi connectivity index (χ4n) is 1.78. The quantitative estimate of drug-likeness (QED) is 0.386. The van der Waals surface area contributed by atoms with Crippen molar-refractivity contribution < 1.29 is 0 Å². The van der Waals surface area contributed by atoms with Crippen LogP contribution < -0.4 is 11.3 Å². The molecule has 0 saturated carbocycles. The molecule has 2 heterocycles. The minimum atomic E-state index is 0.569. The minimum absolute atomic E-state index is 0.569. The van der Waals surface area contributed by atoms with Crippen molar-refractivity contribution in [3.05, 3.63) is 48.4 Å². The number of para-hydroxylation sites is 1. The highest BCUT2D eigenvalue weighted by Crippen LogP contribution is 2.25. The van der Waals surface area contributed by atoms with Gasteiger partial charge in [0.1, 0.15) is 0 Å². The molecule has 0 saturated heterocycles. The summed E-state index contributed by atoms with van der Waals surface area (Å²) in [4.78, 5) is 11.8. The Bertz CT molecular complexity index is 644. The van der Waals surface area contributed by atoms with Crippen molar-refractivity contribution in [1.29, 1.82) is 0 Å². The number of benzene rings is 1. The smallest absolute Gasteiger partial charge is 0.158 e. The fraction of sp³-hybridized carbons (Fsp3) is 0.0769. The molecule has 0 bridgehead atoms. The lowest BCUT2D eigenvalue weighted by atomic mass is 10.3. The molecule has 0 aliphatic rings. The normalized spacial score (nSPS) is 10.8. The summed E-state index contributed by atoms with van der Waals surface area (Å²) in [5.41, 5.74) is 4.53. The second kappa shape index (κ2) is 5.29. The molecule has 2 aromatic heterocycles. The average Bonchev–Trinajstić information content (AvgIpc) is 2.88. The molecule has 0 fully saturated rings. The van der Waals surface area contributed by atoms with Crippen molar-refractivity contribution in [2.45, 2.75) is 10.8 Å². The number of rotatable bonds is 4. The number of nitrogens with one attached hydrogen (secondary N) is 2. The standard InChI is InChI=1S/C13H13N5S/c14-18-12-7-15-10(6-16-12)8-19-13-5-9-3-1-2-4-11(9)17-13/h1-7,17H,8,14H2,(H,16,18). The van der Waals surface area contributed by atoms with E-state index >= 15 is 0 Å². The molecule has 6 heteroatoms. The molecule has 5 nitrogen and oxygen atoms in total. The molecule has 0 atom stereocenters. The van der Waals surface area contributed by atoms with Gasteiger partial charge in [0.25, 0.3) is 0 Å². The van der Waals surface area contributed by atoms with Gasteiger partial charge in [-0.15, -0.1) is 11.8 Å². The maximum atomic E-state index is 5.25. The van der Waals surface area contributed by atoms with Crippen molar-refractivity contribution in [2.75, 3.05) is 5.43 Å². The Morgan fingerprint density at radius 2 is 2.11 bits per heavy atom. The van der Waals surface area contributed by atoms with E-state index in [1.54, 1.807) is 24.2 Å². The van der Waals surface area contributed by atoms with Crippen LogP contribution in [-0.2, 0) is 5.75 Å². The number of aromatic amines is 1. The number of anilines is 1. The van der Waals surface area contributed by atoms with Crippen LogP contribution in [0.3, 0.4) is 0 Å². The van der Waals surface area contributed by atoms with Crippen LogP contribution in [0.2, 0.25) is 0 Å². The lowest BCUT2D eigenvalue weighted by molar-refractivity contribution is 1.08. The number of nitrogen functional groups attached to an aromatic ring is 1. The number of fused-ring (bicyclic) bond motifs is 1. The van der Waals surface area contributed by atoms with Crippen molar-refractivity contribution in [3.63, 3.8) is 0 Å². The number of thioether (sulfide) groups is 1. The van der Waals surface area contributed by atoms with Gasteiger partial charge in [0.15, 0.2) is 5.82 Å². The van der Waals surface area contributed by atoms with Crippen LogP contribution >= 0.6 is 11.8 Å². The zero-order valence-electron chi connectivity index (χ0n) is 10.1. The lowest BCUT2D eigenvalue weighted by Crippen LogP contribution is -2.08. The molecule has 0 aliphatic carbocycles. The van der Waals surface area contributed by atoms with Crippen LogP contribution in [0.4, 0.5) is 5.82 Å². The number of nitrogens with two attached hydrogens (primary N) is 1. The third-order valence-corrected chi connectivity index (χ3v) is 3.71. The molecule has 0 aliphatic heterocycles. The molecule has 0 unspecified atom stereocenters. The van der Waals surface area contributed by atoms with E-state index in [0.29, 0.717) is 5.82 Å². The predicted octanol–water partition coefficient (Wildman–Crippen LogP) is 2.54. The summed E-state index contributed by atoms with van der Waals surface area (Å²) in [6, 6.07) is 10.4. The highest BCUT2D eigenvalue weighted by atomic mass is 32.2. The lowest BCUT2D eigenvalue weighted by Gasteiger charge is -2.00. The fourth-order valence-corrected chi connectivity index (χ4v) is 2.62. The summed E-state index contributed by atoms with van der Waals surface area (Å²) >= 11 is 1.70. The molecule has 0 amide bonds. The van der Waals surface area contributed by atoms with Crippen molar-refractivity contribution in [2.24, 2.45) is 5.84 Å². The van der Waals surface area contributed by atoms with E-state index in [4.69, 9.17) is 5.84 Å². The third-order valence-electron chi connectivity index (χ3n) is 2.73. The van der Waals surface area contributed by atoms with Crippen molar-refractivity contribution in [3.8, 4) is 0 Å². The zero-order chi connectivity index (χ0) is 13.1. The first-order valence-corrected chi connectivity index (χ1v) is 6.82. The highest BCUT2D eigenvalue weighted by molar-refractivity contribution is 7.98. The second-order valence-electron chi connectivity index (χ2n) is 4.05. The maximum Gasteiger partial charge on any atom is 0.158 e. The molecule has 1 aromatic carbocycles. The monoisotopic (exact) mass is 271 g/mol. The average molecular weight is 271 g/mol. The molecule has 0 spiro atoms. The predicted molar refractivity (Wildman–Crippen MR) is 77.7 cm³/mol. The van der Waals surface area contributed by atoms with Crippen LogP contribution in [0.1, 0.15) is 5.69 Å². The van der Waals surface area contributed by atoms with E-state index in [1.807, 2.05) is 12.1 Å². The van der Waals surface area contributed by atoms with Gasteiger partial charge in [-0.05, 0) is 12.1 Å². The van der Waals surface area contributed by atoms with Gasteiger partial charge >= 0.3 is 0 Å². The zero-order valence-corrected chi connectivity index (χ0v) is 10.9. The largest absolute Gasteiger partial charge is 0.350 e. The first-order valence-electron chi connectivity index (χ1n) is 5.83. The van der Waals surface area contributed by atoms with Gasteiger partial charge in [0, 0.05) is 16.7 Å². The number of aromatic nitrogens is 3. The molecule has 96 valence electrons. The van der Waals surface area contributed by atoms with Gasteiger partial charge < -0.3 is 10.4 Å². The van der Waals surface area contributed by atoms with Gasteiger partial charge in [-0.25, -0.2) is 10.8 Å². The summed E-state index contributed by atoms with van der Waals surface area (Å²) in [7, 11) is 0. The van der Waals surface area contributed by atoms with Gasteiger partial charge in [-0.3, -0.25) is 4.98 Å².